The number of allylic oxidation sites excluding steroid dienone is 3. The van der Waals surface area contributed by atoms with Crippen molar-refractivity contribution in [1.29, 1.82) is 0 Å². The van der Waals surface area contributed by atoms with Gasteiger partial charge in [-0.1, -0.05) is 43.9 Å². The summed E-state index contributed by atoms with van der Waals surface area (Å²) >= 11 is 0. The molecule has 12 unspecified atom stereocenters. The highest BCUT2D eigenvalue weighted by molar-refractivity contribution is 7.81. The average molecular weight is 1140 g/mol. The van der Waals surface area contributed by atoms with Gasteiger partial charge in [0.15, 0.2) is 0 Å². The van der Waals surface area contributed by atoms with Gasteiger partial charge in [-0.3, -0.25) is 9.11 Å². The first-order valence-electron chi connectivity index (χ1n) is 28.2. The zero-order chi connectivity index (χ0) is 55.7. The van der Waals surface area contributed by atoms with Crippen LogP contribution in [0, 0.1) is 5.92 Å². The number of hydrogen-bond donors (Lipinski definition) is 4. The molecule has 11 saturated heterocycles. The summed E-state index contributed by atoms with van der Waals surface area (Å²) in [6.07, 6.45) is 1.75. The molecular formula is C55H82O21S2. The number of aliphatic hydroxyl groups is 2. The van der Waals surface area contributed by atoms with Gasteiger partial charge in [-0.15, -0.1) is 6.58 Å². The molecule has 0 aromatic rings. The van der Waals surface area contributed by atoms with Crippen molar-refractivity contribution < 1.29 is 96.6 Å². The number of ether oxygens (including phenoxy) is 11. The Morgan fingerprint density at radius 2 is 1.26 bits per heavy atom. The summed E-state index contributed by atoms with van der Waals surface area (Å²) in [6, 6.07) is 0. The van der Waals surface area contributed by atoms with E-state index in [1.165, 1.54) is 6.92 Å². The molecule has 0 radical (unpaired) electrons. The Morgan fingerprint density at radius 1 is 0.692 bits per heavy atom. The van der Waals surface area contributed by atoms with E-state index in [1.54, 1.807) is 25.2 Å². The zero-order valence-corrected chi connectivity index (χ0v) is 47.3. The van der Waals surface area contributed by atoms with Gasteiger partial charge in [0.1, 0.15) is 35.6 Å². The van der Waals surface area contributed by atoms with Crippen molar-refractivity contribution >= 4 is 20.8 Å². The Kier molecular flexibility index (Phi) is 15.6. The largest absolute Gasteiger partial charge is 0.397 e. The van der Waals surface area contributed by atoms with Crippen LogP contribution in [0.1, 0.15) is 131 Å². The van der Waals surface area contributed by atoms with Crippen LogP contribution in [0.2, 0.25) is 0 Å². The third kappa shape index (κ3) is 11.2. The number of hydrogen-bond acceptors (Lipinski definition) is 19. The molecule has 0 amide bonds. The average Bonchev–Trinajstić information content (AvgIpc) is 3.48. The van der Waals surface area contributed by atoms with E-state index < -0.39 is 129 Å². The number of rotatable bonds is 11. The highest BCUT2D eigenvalue weighted by atomic mass is 32.3. The molecule has 0 aromatic heterocycles. The highest BCUT2D eigenvalue weighted by Gasteiger charge is 2.65. The van der Waals surface area contributed by atoms with Crippen molar-refractivity contribution in [2.24, 2.45) is 5.92 Å². The van der Waals surface area contributed by atoms with Gasteiger partial charge in [0.25, 0.3) is 0 Å². The van der Waals surface area contributed by atoms with Crippen LogP contribution in [-0.2, 0) is 81.3 Å². The molecule has 21 nitrogen and oxygen atoms in total. The molecule has 26 atom stereocenters. The molecule has 0 aromatic carbocycles. The van der Waals surface area contributed by atoms with Crippen molar-refractivity contribution in [3.05, 3.63) is 49.1 Å². The highest BCUT2D eigenvalue weighted by Crippen LogP contribution is 2.54. The molecule has 0 saturated carbocycles. The second-order valence-electron chi connectivity index (χ2n) is 25.5. The summed E-state index contributed by atoms with van der Waals surface area (Å²) in [7, 11) is -9.74. The first-order valence-corrected chi connectivity index (χ1v) is 30.9. The predicted molar refractivity (Wildman–Crippen MR) is 276 cm³/mol. The predicted octanol–water partition coefficient (Wildman–Crippen LogP) is 5.06. The van der Waals surface area contributed by atoms with E-state index in [-0.39, 0.29) is 67.6 Å². The molecule has 4 N–H and O–H groups in total. The Hall–Kier alpha value is -1.82. The van der Waals surface area contributed by atoms with Gasteiger partial charge in [-0.25, -0.2) is 8.37 Å². The Labute approximate surface area is 458 Å². The van der Waals surface area contributed by atoms with E-state index in [0.29, 0.717) is 69.8 Å². The van der Waals surface area contributed by atoms with Gasteiger partial charge in [0, 0.05) is 51.4 Å². The molecule has 23 heteroatoms. The van der Waals surface area contributed by atoms with Crippen molar-refractivity contribution in [3.63, 3.8) is 0 Å². The van der Waals surface area contributed by atoms with Gasteiger partial charge in [0.05, 0.1) is 121 Å². The fourth-order valence-corrected chi connectivity index (χ4v) is 16.2. The maximum absolute atomic E-state index is 12.3. The summed E-state index contributed by atoms with van der Waals surface area (Å²) in [5.74, 6) is 0.0665. The van der Waals surface area contributed by atoms with E-state index >= 15 is 0 Å². The van der Waals surface area contributed by atoms with Gasteiger partial charge >= 0.3 is 20.8 Å². The lowest BCUT2D eigenvalue weighted by molar-refractivity contribution is -0.369. The van der Waals surface area contributed by atoms with Crippen LogP contribution < -0.4 is 0 Å². The fraction of sp³-hybridized carbons (Fsp3) is 0.855. The quantitative estimate of drug-likeness (QED) is 0.120. The fourth-order valence-electron chi connectivity index (χ4n) is 15.3. The third-order valence-corrected chi connectivity index (χ3v) is 20.6. The van der Waals surface area contributed by atoms with Crippen LogP contribution in [0.15, 0.2) is 49.1 Å². The second-order valence-corrected chi connectivity index (χ2v) is 27.7. The maximum Gasteiger partial charge on any atom is 0.397 e. The van der Waals surface area contributed by atoms with Gasteiger partial charge in [-0.2, -0.15) is 16.8 Å². The Bertz CT molecular complexity index is 2540. The summed E-state index contributed by atoms with van der Waals surface area (Å²) < 4.78 is 151. The van der Waals surface area contributed by atoms with E-state index in [0.717, 1.165) is 18.4 Å². The van der Waals surface area contributed by atoms with Gasteiger partial charge in [-0.05, 0) is 84.6 Å². The van der Waals surface area contributed by atoms with Gasteiger partial charge < -0.3 is 62.3 Å². The molecule has 440 valence electrons. The minimum Gasteiger partial charge on any atom is -0.387 e. The molecule has 0 aliphatic carbocycles. The van der Waals surface area contributed by atoms with Crippen molar-refractivity contribution in [2.45, 2.75) is 282 Å². The Morgan fingerprint density at radius 3 is 1.91 bits per heavy atom. The maximum atomic E-state index is 12.3. The van der Waals surface area contributed by atoms with Crippen LogP contribution >= 0.6 is 0 Å². The van der Waals surface area contributed by atoms with Gasteiger partial charge in [0.2, 0.25) is 0 Å². The molecule has 0 bridgehead atoms. The third-order valence-electron chi connectivity index (χ3n) is 19.6. The first-order chi connectivity index (χ1) is 36.5. The van der Waals surface area contributed by atoms with Crippen LogP contribution in [0.25, 0.3) is 0 Å². The molecule has 11 heterocycles. The van der Waals surface area contributed by atoms with Crippen molar-refractivity contribution in [2.75, 3.05) is 6.61 Å². The molecule has 78 heavy (non-hydrogen) atoms. The van der Waals surface area contributed by atoms with Crippen LogP contribution in [0.4, 0.5) is 0 Å². The van der Waals surface area contributed by atoms with E-state index in [2.05, 4.69) is 44.7 Å². The number of aliphatic hydroxyl groups excluding tert-OH is 1. The lowest BCUT2D eigenvalue weighted by Crippen LogP contribution is -2.74. The van der Waals surface area contributed by atoms with E-state index in [1.807, 2.05) is 6.92 Å². The second kappa shape index (κ2) is 21.1. The molecule has 11 aliphatic rings. The van der Waals surface area contributed by atoms with Crippen LogP contribution in [0.5, 0.6) is 0 Å². The molecule has 0 spiro atoms. The monoisotopic (exact) mass is 1140 g/mol. The summed E-state index contributed by atoms with van der Waals surface area (Å²) in [6.45, 7) is 23.2. The smallest absolute Gasteiger partial charge is 0.387 e. The van der Waals surface area contributed by atoms with Crippen molar-refractivity contribution in [3.8, 4) is 0 Å². The number of fused-ring (bicyclic) bond motifs is 10. The van der Waals surface area contributed by atoms with Crippen molar-refractivity contribution in [1.82, 2.24) is 0 Å². The topological polar surface area (TPSA) is 269 Å². The minimum atomic E-state index is -4.95. The summed E-state index contributed by atoms with van der Waals surface area (Å²) in [4.78, 5) is 0. The van der Waals surface area contributed by atoms with Crippen LogP contribution in [-0.4, -0.2) is 193 Å². The van der Waals surface area contributed by atoms with E-state index in [9.17, 15) is 31.6 Å². The molecule has 11 aliphatic heterocycles. The lowest BCUT2D eigenvalue weighted by Gasteiger charge is -2.61. The Balaban J connectivity index is 0.749. The lowest BCUT2D eigenvalue weighted by atomic mass is 9.73. The molecule has 11 rings (SSSR count). The SMILES string of the molecule is C=CCC(=C)/C=C/[C@@](C)(O)[C@H]1OC2CC3OC4CC5OC6CC7OC8CC9OC%10CC%11OC(C)(CCOS(=O)(=O)O)[C@@H](OS(=O)(=O)O)C[C@H]%11O[C@H]%10C[C@H]9O[C@H]8CC[C@@]7(C)O[C@@]6(C)CC[C@H](C)[C@H]5O[C@H]4C(O)[C@@]3(C)O[C@H]2CC1=C. The molecule has 11 fully saturated rings. The normalized spacial score (nSPS) is 51.0. The van der Waals surface area contributed by atoms with E-state index in [4.69, 9.17) is 60.8 Å². The van der Waals surface area contributed by atoms with Crippen LogP contribution in [0.3, 0.4) is 0 Å². The summed E-state index contributed by atoms with van der Waals surface area (Å²) in [5.41, 5.74) is -3.71. The zero-order valence-electron chi connectivity index (χ0n) is 45.6. The minimum absolute atomic E-state index is 0.00240. The first kappa shape index (κ1) is 58.0. The summed E-state index contributed by atoms with van der Waals surface area (Å²) in [5, 5.41) is 24.0. The standard InChI is InChI=1S/C55H82O21S2/c1-10-11-28(2)12-15-51(5,57)50-30(4)20-39-38(71-50)26-46-55(9,74-39)49(56)48-42(70-46)24-41-47(72-48)29(3)13-16-53(7)44(69-41)27-43-54(8,76-53)17-14-31-32(68-43)21-34-33(65-31)22-35-36(66-34)23-40-37(67-35)25-45(75-78(61,62)63)52(6,73-40)18-19-64-77(58,59)60/h10,12,15,29,31-50,56-57H,1-2,4,11,13-14,16-27H2,3,5-9H3,(H,58,59,60)(H,61,62,63)/b15-12+/t29-,31-,32?,33+,34?,35-,36?,37+,38?,39-,40?,41?,42?,43?,44?,45-,46?,47+,48+,49?,50-,51+,52?,53-,54+,55-/m0/s1. The molecular weight excluding hydrogens is 1060 g/mol.